The number of nitrogens with zero attached hydrogens (tertiary/aromatic N) is 3. The van der Waals surface area contributed by atoms with Gasteiger partial charge in [-0.3, -0.25) is 9.59 Å². The van der Waals surface area contributed by atoms with Crippen LogP contribution in [0.25, 0.3) is 22.7 Å². The lowest BCUT2D eigenvalue weighted by atomic mass is 10.1. The second-order valence-electron chi connectivity index (χ2n) is 6.62. The second-order valence-corrected chi connectivity index (χ2v) is 6.62. The Kier molecular flexibility index (Phi) is 5.05. The molecule has 8 heteroatoms. The first-order valence-corrected chi connectivity index (χ1v) is 9.45. The summed E-state index contributed by atoms with van der Waals surface area (Å²) in [6, 6.07) is 14.4. The molecule has 0 unspecified atom stereocenters. The first kappa shape index (κ1) is 19.4. The number of anilines is 2. The van der Waals surface area contributed by atoms with E-state index in [1.165, 1.54) is 11.6 Å². The molecular weight excluding hydrogens is 384 g/mol. The Morgan fingerprint density at radius 3 is 2.70 bits per heavy atom. The highest BCUT2D eigenvalue weighted by atomic mass is 16.5. The van der Waals surface area contributed by atoms with Crippen LogP contribution in [0.3, 0.4) is 0 Å². The van der Waals surface area contributed by atoms with Crippen LogP contribution in [0.15, 0.2) is 57.7 Å². The third-order valence-electron chi connectivity index (χ3n) is 4.64. The van der Waals surface area contributed by atoms with Crippen LogP contribution in [-0.2, 0) is 6.54 Å². The van der Waals surface area contributed by atoms with E-state index in [-0.39, 0.29) is 28.6 Å². The maximum absolute atomic E-state index is 13.0. The SMILES string of the molecule is CCn1nc(-c2nc3ccccc3o2)c(C(C)=O)c(Nc2cccc(OC)c2)c1=O. The molecule has 2 aromatic heterocycles. The Balaban J connectivity index is 1.95. The van der Waals surface area contributed by atoms with E-state index in [0.717, 1.165) is 0 Å². The zero-order valence-electron chi connectivity index (χ0n) is 16.8. The van der Waals surface area contributed by atoms with Gasteiger partial charge in [-0.25, -0.2) is 9.67 Å². The number of methoxy groups -OCH3 is 1. The van der Waals surface area contributed by atoms with Gasteiger partial charge < -0.3 is 14.5 Å². The zero-order valence-corrected chi connectivity index (χ0v) is 16.8. The molecule has 0 saturated heterocycles. The molecule has 0 spiro atoms. The molecule has 4 aromatic rings. The molecule has 2 aromatic carbocycles. The van der Waals surface area contributed by atoms with Gasteiger partial charge in [0.25, 0.3) is 5.56 Å². The largest absolute Gasteiger partial charge is 0.497 e. The van der Waals surface area contributed by atoms with Gasteiger partial charge in [-0.2, -0.15) is 5.10 Å². The third-order valence-corrected chi connectivity index (χ3v) is 4.64. The fourth-order valence-electron chi connectivity index (χ4n) is 3.21. The van der Waals surface area contributed by atoms with Gasteiger partial charge in [0.1, 0.15) is 17.0 Å². The number of aryl methyl sites for hydroxylation is 1. The predicted molar refractivity (Wildman–Crippen MR) is 113 cm³/mol. The van der Waals surface area contributed by atoms with Gasteiger partial charge >= 0.3 is 0 Å². The zero-order chi connectivity index (χ0) is 21.3. The smallest absolute Gasteiger partial charge is 0.291 e. The average molecular weight is 404 g/mol. The number of para-hydroxylation sites is 2. The summed E-state index contributed by atoms with van der Waals surface area (Å²) in [5.74, 6) is 0.469. The predicted octanol–water partition coefficient (Wildman–Crippen LogP) is 4.03. The molecule has 0 bridgehead atoms. The summed E-state index contributed by atoms with van der Waals surface area (Å²) in [5.41, 5.74) is 1.85. The summed E-state index contributed by atoms with van der Waals surface area (Å²) in [5, 5.41) is 7.45. The maximum Gasteiger partial charge on any atom is 0.291 e. The van der Waals surface area contributed by atoms with Gasteiger partial charge in [0.15, 0.2) is 17.1 Å². The lowest BCUT2D eigenvalue weighted by Crippen LogP contribution is -2.28. The number of ether oxygens (including phenoxy) is 1. The molecule has 30 heavy (non-hydrogen) atoms. The number of rotatable bonds is 6. The number of fused-ring (bicyclic) bond motifs is 1. The van der Waals surface area contributed by atoms with E-state index in [9.17, 15) is 9.59 Å². The van der Waals surface area contributed by atoms with Crippen molar-refractivity contribution in [3.8, 4) is 17.3 Å². The van der Waals surface area contributed by atoms with Crippen molar-refractivity contribution in [1.29, 1.82) is 0 Å². The Labute approximate surface area is 172 Å². The molecule has 0 aliphatic carbocycles. The number of benzene rings is 2. The van der Waals surface area contributed by atoms with Crippen molar-refractivity contribution in [2.75, 3.05) is 12.4 Å². The first-order valence-electron chi connectivity index (χ1n) is 9.45. The van der Waals surface area contributed by atoms with Crippen molar-refractivity contribution in [1.82, 2.24) is 14.8 Å². The number of Topliss-reactive ketones (excluding diaryl/α,β-unsaturated/α-hetero) is 1. The lowest BCUT2D eigenvalue weighted by Gasteiger charge is -2.15. The number of carbonyl (C=O) groups is 1. The van der Waals surface area contributed by atoms with Gasteiger partial charge in [0.2, 0.25) is 5.89 Å². The topological polar surface area (TPSA) is 99.2 Å². The summed E-state index contributed by atoms with van der Waals surface area (Å²) in [6.45, 7) is 3.50. The number of nitrogens with one attached hydrogen (secondary N) is 1. The third kappa shape index (κ3) is 3.43. The summed E-state index contributed by atoms with van der Waals surface area (Å²) in [4.78, 5) is 30.1. The van der Waals surface area contributed by atoms with Crippen LogP contribution in [0.4, 0.5) is 11.4 Å². The van der Waals surface area contributed by atoms with Crippen molar-refractivity contribution in [2.24, 2.45) is 0 Å². The minimum Gasteiger partial charge on any atom is -0.497 e. The van der Waals surface area contributed by atoms with Crippen LogP contribution in [0.1, 0.15) is 24.2 Å². The highest BCUT2D eigenvalue weighted by Crippen LogP contribution is 2.30. The fourth-order valence-corrected chi connectivity index (χ4v) is 3.21. The minimum atomic E-state index is -0.412. The van der Waals surface area contributed by atoms with Crippen LogP contribution >= 0.6 is 0 Å². The Morgan fingerprint density at radius 2 is 2.00 bits per heavy atom. The van der Waals surface area contributed by atoms with Gasteiger partial charge in [-0.05, 0) is 38.1 Å². The van der Waals surface area contributed by atoms with E-state index in [4.69, 9.17) is 9.15 Å². The first-order chi connectivity index (χ1) is 14.5. The Morgan fingerprint density at radius 1 is 1.20 bits per heavy atom. The highest BCUT2D eigenvalue weighted by Gasteiger charge is 2.25. The van der Waals surface area contributed by atoms with E-state index in [0.29, 0.717) is 29.1 Å². The number of aromatic nitrogens is 3. The monoisotopic (exact) mass is 404 g/mol. The van der Waals surface area contributed by atoms with Gasteiger partial charge in [0, 0.05) is 18.3 Å². The van der Waals surface area contributed by atoms with Gasteiger partial charge in [-0.1, -0.05) is 18.2 Å². The summed E-state index contributed by atoms with van der Waals surface area (Å²) in [6.07, 6.45) is 0. The number of carbonyl (C=O) groups excluding carboxylic acids is 1. The molecule has 152 valence electrons. The average Bonchev–Trinajstić information content (AvgIpc) is 3.19. The molecule has 0 aliphatic rings. The van der Waals surface area contributed by atoms with E-state index >= 15 is 0 Å². The number of hydrogen-bond acceptors (Lipinski definition) is 7. The van der Waals surface area contributed by atoms with Gasteiger partial charge in [0.05, 0.1) is 12.7 Å². The molecule has 0 atom stereocenters. The molecule has 2 heterocycles. The van der Waals surface area contributed by atoms with Crippen LogP contribution in [0.2, 0.25) is 0 Å². The van der Waals surface area contributed by atoms with Crippen molar-refractivity contribution >= 4 is 28.3 Å². The standard InChI is InChI=1S/C22H20N4O4/c1-4-26-22(28)20(23-14-8-7-9-15(12-14)29-3)18(13(2)27)19(25-26)21-24-16-10-5-6-11-17(16)30-21/h5-12,23H,4H2,1-3H3. The molecule has 0 amide bonds. The van der Waals surface area contributed by atoms with Crippen LogP contribution in [0, 0.1) is 0 Å². The van der Waals surface area contributed by atoms with Crippen molar-refractivity contribution in [3.63, 3.8) is 0 Å². The molecule has 0 fully saturated rings. The second kappa shape index (κ2) is 7.82. The normalized spacial score (nSPS) is 10.9. The van der Waals surface area contributed by atoms with Gasteiger partial charge in [-0.15, -0.1) is 0 Å². The number of hydrogen-bond donors (Lipinski definition) is 1. The van der Waals surface area contributed by atoms with Crippen LogP contribution < -0.4 is 15.6 Å². The van der Waals surface area contributed by atoms with E-state index in [1.807, 2.05) is 12.1 Å². The molecule has 8 nitrogen and oxygen atoms in total. The number of oxazole rings is 1. The lowest BCUT2D eigenvalue weighted by molar-refractivity contribution is 0.101. The summed E-state index contributed by atoms with van der Waals surface area (Å²) in [7, 11) is 1.56. The Bertz CT molecular complexity index is 1270. The molecule has 0 radical (unpaired) electrons. The van der Waals surface area contributed by atoms with E-state index < -0.39 is 5.56 Å². The van der Waals surface area contributed by atoms with Crippen molar-refractivity contribution in [3.05, 3.63) is 64.4 Å². The van der Waals surface area contributed by atoms with E-state index in [2.05, 4.69) is 15.4 Å². The summed E-state index contributed by atoms with van der Waals surface area (Å²) >= 11 is 0. The van der Waals surface area contributed by atoms with Crippen molar-refractivity contribution in [2.45, 2.75) is 20.4 Å². The molecule has 1 N–H and O–H groups in total. The van der Waals surface area contributed by atoms with E-state index in [1.54, 1.807) is 50.4 Å². The Hall–Kier alpha value is -3.94. The molecular formula is C22H20N4O4. The summed E-state index contributed by atoms with van der Waals surface area (Å²) < 4.78 is 12.4. The van der Waals surface area contributed by atoms with Crippen LogP contribution in [0.5, 0.6) is 5.75 Å². The quantitative estimate of drug-likeness (QED) is 0.484. The molecule has 4 rings (SSSR count). The minimum absolute atomic E-state index is 0.116. The molecule has 0 saturated carbocycles. The maximum atomic E-state index is 13.0. The number of ketones is 1. The fraction of sp³-hybridized carbons (Fsp3) is 0.182. The molecule has 0 aliphatic heterocycles. The highest BCUT2D eigenvalue weighted by molar-refractivity contribution is 6.04. The van der Waals surface area contributed by atoms with Crippen LogP contribution in [-0.4, -0.2) is 27.7 Å². The van der Waals surface area contributed by atoms with Crippen molar-refractivity contribution < 1.29 is 13.9 Å².